The second-order valence-electron chi connectivity index (χ2n) is 6.05. The monoisotopic (exact) mass is 292 g/mol. The molecule has 0 saturated carbocycles. The molecule has 21 heavy (non-hydrogen) atoms. The lowest BCUT2D eigenvalue weighted by Gasteiger charge is -2.25. The quantitative estimate of drug-likeness (QED) is 0.768. The van der Waals surface area contributed by atoms with Crippen LogP contribution in [-0.4, -0.2) is 48.4 Å². The molecule has 114 valence electrons. The molecule has 0 radical (unpaired) electrons. The zero-order chi connectivity index (χ0) is 14.3. The molecule has 4 rings (SSSR count). The first-order chi connectivity index (χ1) is 10.3. The van der Waals surface area contributed by atoms with Crippen molar-refractivity contribution in [2.24, 2.45) is 11.3 Å². The van der Waals surface area contributed by atoms with Crippen LogP contribution in [0.4, 0.5) is 0 Å². The molecule has 7 nitrogen and oxygen atoms in total. The molecule has 0 bridgehead atoms. The summed E-state index contributed by atoms with van der Waals surface area (Å²) in [5.41, 5.74) is 0.660. The van der Waals surface area contributed by atoms with Gasteiger partial charge in [-0.2, -0.15) is 0 Å². The van der Waals surface area contributed by atoms with Gasteiger partial charge < -0.3 is 24.7 Å². The van der Waals surface area contributed by atoms with E-state index in [9.17, 15) is 4.79 Å². The van der Waals surface area contributed by atoms with Crippen molar-refractivity contribution >= 4 is 5.91 Å². The molecular formula is C14H20N4O3. The van der Waals surface area contributed by atoms with Crippen molar-refractivity contribution in [3.8, 4) is 0 Å². The molecule has 0 unspecified atom stereocenters. The molecule has 3 aliphatic heterocycles. The smallest absolute Gasteiger partial charge is 0.230 e. The van der Waals surface area contributed by atoms with E-state index < -0.39 is 0 Å². The number of imidazole rings is 1. The highest BCUT2D eigenvalue weighted by molar-refractivity contribution is 5.84. The molecule has 1 amide bonds. The van der Waals surface area contributed by atoms with Gasteiger partial charge in [0.2, 0.25) is 5.91 Å². The number of nitrogens with zero attached hydrogens (tertiary/aromatic N) is 2. The Morgan fingerprint density at radius 2 is 2.52 bits per heavy atom. The van der Waals surface area contributed by atoms with E-state index in [-0.39, 0.29) is 11.3 Å². The lowest BCUT2D eigenvalue weighted by atomic mass is 9.80. The first kappa shape index (κ1) is 13.2. The van der Waals surface area contributed by atoms with E-state index in [1.54, 1.807) is 0 Å². The van der Waals surface area contributed by atoms with Crippen LogP contribution in [0.25, 0.3) is 0 Å². The van der Waals surface area contributed by atoms with Crippen molar-refractivity contribution in [2.75, 3.05) is 32.9 Å². The van der Waals surface area contributed by atoms with Crippen molar-refractivity contribution in [3.63, 3.8) is 0 Å². The zero-order valence-corrected chi connectivity index (χ0v) is 11.9. The maximum Gasteiger partial charge on any atom is 0.230 e. The summed E-state index contributed by atoms with van der Waals surface area (Å²) in [6, 6.07) is 0. The number of nitrogens with one attached hydrogen (secondary N) is 2. The molecule has 2 atom stereocenters. The van der Waals surface area contributed by atoms with E-state index in [2.05, 4.69) is 20.2 Å². The molecule has 7 heteroatoms. The normalized spacial score (nSPS) is 31.0. The van der Waals surface area contributed by atoms with E-state index in [4.69, 9.17) is 9.47 Å². The molecule has 2 N–H and O–H groups in total. The minimum Gasteiger partial charge on any atom is -0.380 e. The van der Waals surface area contributed by atoms with Crippen LogP contribution in [0.5, 0.6) is 0 Å². The summed E-state index contributed by atoms with van der Waals surface area (Å²) in [5, 5.41) is 6.39. The topological polar surface area (TPSA) is 77.4 Å². The predicted molar refractivity (Wildman–Crippen MR) is 73.3 cm³/mol. The summed E-state index contributed by atoms with van der Waals surface area (Å²) in [6.07, 6.45) is 1.83. The Balaban J connectivity index is 1.45. The minimum atomic E-state index is -0.381. The van der Waals surface area contributed by atoms with Crippen LogP contribution in [0, 0.1) is 11.3 Å². The maximum absolute atomic E-state index is 12.6. The van der Waals surface area contributed by atoms with Gasteiger partial charge in [0.15, 0.2) is 0 Å². The van der Waals surface area contributed by atoms with Gasteiger partial charge in [-0.15, -0.1) is 0 Å². The van der Waals surface area contributed by atoms with Gasteiger partial charge in [0.25, 0.3) is 0 Å². The molecule has 4 heterocycles. The van der Waals surface area contributed by atoms with Gasteiger partial charge in [-0.1, -0.05) is 0 Å². The SMILES string of the molecule is O=C(NCc1cnc2n1CCOC2)[C@]12CNC[C@H]1COC2. The Morgan fingerprint density at radius 3 is 3.48 bits per heavy atom. The first-order valence-electron chi connectivity index (χ1n) is 7.47. The highest BCUT2D eigenvalue weighted by Gasteiger charge is 2.52. The second kappa shape index (κ2) is 5.08. The number of amides is 1. The maximum atomic E-state index is 12.6. The molecule has 2 saturated heterocycles. The van der Waals surface area contributed by atoms with E-state index in [1.807, 2.05) is 6.20 Å². The van der Waals surface area contributed by atoms with Gasteiger partial charge in [-0.05, 0) is 0 Å². The van der Waals surface area contributed by atoms with E-state index >= 15 is 0 Å². The predicted octanol–water partition coefficient (Wildman–Crippen LogP) is -0.734. The van der Waals surface area contributed by atoms with Gasteiger partial charge >= 0.3 is 0 Å². The highest BCUT2D eigenvalue weighted by Crippen LogP contribution is 2.37. The van der Waals surface area contributed by atoms with Gasteiger partial charge in [0.1, 0.15) is 12.4 Å². The average molecular weight is 292 g/mol. The number of hydrogen-bond acceptors (Lipinski definition) is 5. The third-order valence-electron chi connectivity index (χ3n) is 4.88. The number of aromatic nitrogens is 2. The van der Waals surface area contributed by atoms with Crippen LogP contribution in [0.3, 0.4) is 0 Å². The highest BCUT2D eigenvalue weighted by atomic mass is 16.5. The number of carbonyl (C=O) groups is 1. The summed E-state index contributed by atoms with van der Waals surface area (Å²) in [6.45, 7) is 5.36. The Hall–Kier alpha value is -1.44. The van der Waals surface area contributed by atoms with Crippen molar-refractivity contribution in [1.82, 2.24) is 20.2 Å². The van der Waals surface area contributed by atoms with Crippen LogP contribution < -0.4 is 10.6 Å². The average Bonchev–Trinajstić information content (AvgIpc) is 3.18. The lowest BCUT2D eigenvalue weighted by molar-refractivity contribution is -0.131. The van der Waals surface area contributed by atoms with Crippen LogP contribution in [-0.2, 0) is 34.0 Å². The minimum absolute atomic E-state index is 0.0950. The van der Waals surface area contributed by atoms with Crippen molar-refractivity contribution in [1.29, 1.82) is 0 Å². The summed E-state index contributed by atoms with van der Waals surface area (Å²) >= 11 is 0. The number of rotatable bonds is 3. The van der Waals surface area contributed by atoms with Crippen molar-refractivity contribution in [3.05, 3.63) is 17.7 Å². The Kier molecular flexibility index (Phi) is 3.20. The molecule has 0 aliphatic carbocycles. The summed E-state index contributed by atoms with van der Waals surface area (Å²) in [4.78, 5) is 17.0. The number of carbonyl (C=O) groups excluding carboxylic acids is 1. The van der Waals surface area contributed by atoms with Crippen molar-refractivity contribution < 1.29 is 14.3 Å². The molecule has 2 fully saturated rings. The summed E-state index contributed by atoms with van der Waals surface area (Å²) in [7, 11) is 0. The molecule has 1 aromatic heterocycles. The largest absolute Gasteiger partial charge is 0.380 e. The number of fused-ring (bicyclic) bond motifs is 2. The van der Waals surface area contributed by atoms with Crippen LogP contribution in [0.1, 0.15) is 11.5 Å². The van der Waals surface area contributed by atoms with Crippen molar-refractivity contribution in [2.45, 2.75) is 19.7 Å². The van der Waals surface area contributed by atoms with Crippen LogP contribution in [0.2, 0.25) is 0 Å². The molecular weight excluding hydrogens is 272 g/mol. The fourth-order valence-corrected chi connectivity index (χ4v) is 3.56. The fraction of sp³-hybridized carbons (Fsp3) is 0.714. The van der Waals surface area contributed by atoms with Crippen LogP contribution in [0.15, 0.2) is 6.20 Å². The molecule has 1 aromatic rings. The Labute approximate surface area is 123 Å². The van der Waals surface area contributed by atoms with E-state index in [0.717, 1.165) is 24.6 Å². The zero-order valence-electron chi connectivity index (χ0n) is 11.9. The van der Waals surface area contributed by atoms with Gasteiger partial charge in [0, 0.05) is 25.6 Å². The third kappa shape index (κ3) is 2.07. The van der Waals surface area contributed by atoms with Gasteiger partial charge in [-0.3, -0.25) is 4.79 Å². The van der Waals surface area contributed by atoms with E-state index in [0.29, 0.717) is 45.4 Å². The first-order valence-corrected chi connectivity index (χ1v) is 7.47. The Bertz CT molecular complexity index is 546. The summed E-state index contributed by atoms with van der Waals surface area (Å²) < 4.78 is 13.0. The lowest BCUT2D eigenvalue weighted by Crippen LogP contribution is -2.46. The second-order valence-corrected chi connectivity index (χ2v) is 6.05. The fourth-order valence-electron chi connectivity index (χ4n) is 3.56. The summed E-state index contributed by atoms with van der Waals surface area (Å²) in [5.74, 6) is 1.33. The van der Waals surface area contributed by atoms with Crippen LogP contribution >= 0.6 is 0 Å². The van der Waals surface area contributed by atoms with E-state index in [1.165, 1.54) is 0 Å². The molecule has 3 aliphatic rings. The molecule has 0 spiro atoms. The number of hydrogen-bond donors (Lipinski definition) is 2. The van der Waals surface area contributed by atoms with Gasteiger partial charge in [0.05, 0.1) is 43.7 Å². The standard InChI is InChI=1S/C14H20N4O3/c19-13(14-8-15-3-10(14)6-21-9-14)17-5-11-4-16-12-7-20-2-1-18(11)12/h4,10,15H,1-3,5-9H2,(H,17,19)/t10-,14-/m0/s1. The van der Waals surface area contributed by atoms with Gasteiger partial charge in [-0.25, -0.2) is 4.98 Å². The molecule has 0 aromatic carbocycles. The Morgan fingerprint density at radius 1 is 1.57 bits per heavy atom. The number of ether oxygens (including phenoxy) is 2. The third-order valence-corrected chi connectivity index (χ3v) is 4.88.